The number of nitrogens with one attached hydrogen (secondary N) is 1. The van der Waals surface area contributed by atoms with Gasteiger partial charge in [0.25, 0.3) is 5.91 Å². The molecule has 0 bridgehead atoms. The van der Waals surface area contributed by atoms with Crippen molar-refractivity contribution in [2.24, 2.45) is 0 Å². The van der Waals surface area contributed by atoms with E-state index in [2.05, 4.69) is 15.3 Å². The Hall–Kier alpha value is -2.92. The summed E-state index contributed by atoms with van der Waals surface area (Å²) in [4.78, 5) is 21.5. The molecule has 138 valence electrons. The fourth-order valence-corrected chi connectivity index (χ4v) is 2.80. The average molecular weight is 382 g/mol. The summed E-state index contributed by atoms with van der Waals surface area (Å²) < 4.78 is 5.30. The lowest BCUT2D eigenvalue weighted by molar-refractivity contribution is 0.102. The molecule has 2 aromatic carbocycles. The second kappa shape index (κ2) is 7.76. The first-order valence-corrected chi connectivity index (χ1v) is 8.83. The topological polar surface area (TPSA) is 64.1 Å². The predicted molar refractivity (Wildman–Crippen MR) is 108 cm³/mol. The number of anilines is 1. The van der Waals surface area contributed by atoms with Crippen LogP contribution in [0.3, 0.4) is 0 Å². The standard InChI is InChI=1S/C21H20ClN3O2/c1-12-5-7-15(8-6-12)20-23-11-16(14(3)24-20)21(26)25-18-9-13(2)17(22)10-19(18)27-4/h5-11H,1-4H3,(H,25,26). The average Bonchev–Trinajstić information content (AvgIpc) is 2.65. The third kappa shape index (κ3) is 4.09. The van der Waals surface area contributed by atoms with Gasteiger partial charge in [-0.2, -0.15) is 0 Å². The van der Waals surface area contributed by atoms with E-state index in [1.807, 2.05) is 38.1 Å². The van der Waals surface area contributed by atoms with Gasteiger partial charge in [0.15, 0.2) is 5.82 Å². The highest BCUT2D eigenvalue weighted by Gasteiger charge is 2.16. The summed E-state index contributed by atoms with van der Waals surface area (Å²) in [5.41, 5.74) is 4.47. The van der Waals surface area contributed by atoms with Gasteiger partial charge in [-0.15, -0.1) is 0 Å². The van der Waals surface area contributed by atoms with E-state index in [0.29, 0.717) is 33.5 Å². The summed E-state index contributed by atoms with van der Waals surface area (Å²) in [5.74, 6) is 0.778. The monoisotopic (exact) mass is 381 g/mol. The molecule has 0 saturated heterocycles. The zero-order chi connectivity index (χ0) is 19.6. The molecule has 0 atom stereocenters. The number of halogens is 1. The largest absolute Gasteiger partial charge is 0.495 e. The van der Waals surface area contributed by atoms with Crippen molar-refractivity contribution in [1.29, 1.82) is 0 Å². The molecule has 0 fully saturated rings. The number of rotatable bonds is 4. The second-order valence-corrected chi connectivity index (χ2v) is 6.72. The van der Waals surface area contributed by atoms with Crippen LogP contribution in [-0.2, 0) is 0 Å². The van der Waals surface area contributed by atoms with Crippen LogP contribution in [0.4, 0.5) is 5.69 Å². The Morgan fingerprint density at radius 2 is 1.81 bits per heavy atom. The Balaban J connectivity index is 1.88. The van der Waals surface area contributed by atoms with E-state index in [4.69, 9.17) is 16.3 Å². The molecule has 3 rings (SSSR count). The van der Waals surface area contributed by atoms with E-state index in [1.54, 1.807) is 25.3 Å². The number of aryl methyl sites for hydroxylation is 3. The van der Waals surface area contributed by atoms with Crippen LogP contribution in [-0.4, -0.2) is 23.0 Å². The van der Waals surface area contributed by atoms with Crippen molar-refractivity contribution < 1.29 is 9.53 Å². The fourth-order valence-electron chi connectivity index (χ4n) is 2.65. The van der Waals surface area contributed by atoms with Gasteiger partial charge in [0, 0.05) is 22.8 Å². The number of hydrogen-bond acceptors (Lipinski definition) is 4. The lowest BCUT2D eigenvalue weighted by Gasteiger charge is -2.13. The van der Waals surface area contributed by atoms with Crippen LogP contribution in [0.15, 0.2) is 42.6 Å². The van der Waals surface area contributed by atoms with Gasteiger partial charge in [0.05, 0.1) is 24.1 Å². The summed E-state index contributed by atoms with van der Waals surface area (Å²) in [6.07, 6.45) is 1.54. The highest BCUT2D eigenvalue weighted by molar-refractivity contribution is 6.31. The summed E-state index contributed by atoms with van der Waals surface area (Å²) in [7, 11) is 1.53. The molecule has 0 spiro atoms. The number of ether oxygens (including phenoxy) is 1. The molecular formula is C21H20ClN3O2. The van der Waals surface area contributed by atoms with Crippen molar-refractivity contribution in [3.8, 4) is 17.1 Å². The number of amides is 1. The fraction of sp³-hybridized carbons (Fsp3) is 0.190. The summed E-state index contributed by atoms with van der Waals surface area (Å²) >= 11 is 6.12. The quantitative estimate of drug-likeness (QED) is 0.692. The molecule has 1 heterocycles. The van der Waals surface area contributed by atoms with E-state index in [9.17, 15) is 4.79 Å². The molecule has 6 heteroatoms. The molecule has 1 amide bonds. The van der Waals surface area contributed by atoms with Gasteiger partial charge in [-0.1, -0.05) is 41.4 Å². The number of nitrogens with zero attached hydrogens (tertiary/aromatic N) is 2. The van der Waals surface area contributed by atoms with Crippen LogP contribution in [0.25, 0.3) is 11.4 Å². The molecule has 0 saturated carbocycles. The number of methoxy groups -OCH3 is 1. The van der Waals surface area contributed by atoms with E-state index in [1.165, 1.54) is 12.7 Å². The number of benzene rings is 2. The Kier molecular flexibility index (Phi) is 5.42. The third-order valence-electron chi connectivity index (χ3n) is 4.26. The molecule has 1 N–H and O–H groups in total. The van der Waals surface area contributed by atoms with Gasteiger partial charge in [-0.05, 0) is 32.4 Å². The van der Waals surface area contributed by atoms with Crippen LogP contribution >= 0.6 is 11.6 Å². The summed E-state index contributed by atoms with van der Waals surface area (Å²) in [6, 6.07) is 11.4. The Morgan fingerprint density at radius 1 is 1.11 bits per heavy atom. The Labute approximate surface area is 163 Å². The maximum absolute atomic E-state index is 12.7. The minimum absolute atomic E-state index is 0.303. The maximum atomic E-state index is 12.7. The molecule has 5 nitrogen and oxygen atoms in total. The number of carbonyl (C=O) groups excluding carboxylic acids is 1. The first kappa shape index (κ1) is 18.9. The van der Waals surface area contributed by atoms with Crippen LogP contribution in [0.5, 0.6) is 5.75 Å². The zero-order valence-corrected chi connectivity index (χ0v) is 16.4. The van der Waals surface area contributed by atoms with Crippen molar-refractivity contribution in [3.05, 3.63) is 70.0 Å². The second-order valence-electron chi connectivity index (χ2n) is 6.31. The van der Waals surface area contributed by atoms with E-state index < -0.39 is 0 Å². The van der Waals surface area contributed by atoms with Gasteiger partial charge in [-0.25, -0.2) is 9.97 Å². The lowest BCUT2D eigenvalue weighted by Crippen LogP contribution is -2.15. The van der Waals surface area contributed by atoms with E-state index in [0.717, 1.165) is 11.1 Å². The van der Waals surface area contributed by atoms with Gasteiger partial charge < -0.3 is 10.1 Å². The normalized spacial score (nSPS) is 10.6. The van der Waals surface area contributed by atoms with Gasteiger partial charge in [-0.3, -0.25) is 4.79 Å². The van der Waals surface area contributed by atoms with E-state index in [-0.39, 0.29) is 5.91 Å². The SMILES string of the molecule is COc1cc(Cl)c(C)cc1NC(=O)c1cnc(-c2ccc(C)cc2)nc1C. The zero-order valence-electron chi connectivity index (χ0n) is 15.6. The molecule has 0 aliphatic carbocycles. The molecule has 0 aliphatic rings. The van der Waals surface area contributed by atoms with E-state index >= 15 is 0 Å². The smallest absolute Gasteiger partial charge is 0.259 e. The van der Waals surface area contributed by atoms with Gasteiger partial charge >= 0.3 is 0 Å². The first-order valence-electron chi connectivity index (χ1n) is 8.45. The minimum Gasteiger partial charge on any atom is -0.495 e. The first-order chi connectivity index (χ1) is 12.9. The third-order valence-corrected chi connectivity index (χ3v) is 4.67. The van der Waals surface area contributed by atoms with Crippen LogP contribution in [0.1, 0.15) is 27.2 Å². The van der Waals surface area contributed by atoms with Crippen molar-refractivity contribution in [2.75, 3.05) is 12.4 Å². The molecule has 0 radical (unpaired) electrons. The number of carbonyl (C=O) groups is 1. The van der Waals surface area contributed by atoms with Crippen LogP contribution in [0, 0.1) is 20.8 Å². The minimum atomic E-state index is -0.303. The lowest BCUT2D eigenvalue weighted by atomic mass is 10.1. The molecule has 0 unspecified atom stereocenters. The Morgan fingerprint density at radius 3 is 2.44 bits per heavy atom. The molecule has 27 heavy (non-hydrogen) atoms. The van der Waals surface area contributed by atoms with Crippen molar-refractivity contribution in [3.63, 3.8) is 0 Å². The van der Waals surface area contributed by atoms with Crippen molar-refractivity contribution in [1.82, 2.24) is 9.97 Å². The maximum Gasteiger partial charge on any atom is 0.259 e. The summed E-state index contributed by atoms with van der Waals surface area (Å²) in [5, 5.41) is 3.43. The Bertz CT molecular complexity index is 1000. The van der Waals surface area contributed by atoms with Gasteiger partial charge in [0.1, 0.15) is 5.75 Å². The number of aromatic nitrogens is 2. The molecule has 3 aromatic rings. The molecule has 1 aromatic heterocycles. The summed E-state index contributed by atoms with van der Waals surface area (Å²) in [6.45, 7) is 5.68. The van der Waals surface area contributed by atoms with Crippen LogP contribution < -0.4 is 10.1 Å². The van der Waals surface area contributed by atoms with Gasteiger partial charge in [0.2, 0.25) is 0 Å². The van der Waals surface area contributed by atoms with Crippen LogP contribution in [0.2, 0.25) is 5.02 Å². The number of hydrogen-bond donors (Lipinski definition) is 1. The molecule has 0 aliphatic heterocycles. The predicted octanol–water partition coefficient (Wildman–Crippen LogP) is 4.98. The highest BCUT2D eigenvalue weighted by atomic mass is 35.5. The molecular weight excluding hydrogens is 362 g/mol. The van der Waals surface area contributed by atoms with Crippen molar-refractivity contribution in [2.45, 2.75) is 20.8 Å². The highest BCUT2D eigenvalue weighted by Crippen LogP contribution is 2.31. The van der Waals surface area contributed by atoms with Crippen molar-refractivity contribution >= 4 is 23.2 Å².